The van der Waals surface area contributed by atoms with Crippen LogP contribution in [0.3, 0.4) is 0 Å². The summed E-state index contributed by atoms with van der Waals surface area (Å²) < 4.78 is 4.05. The molecule has 2 fully saturated rings. The number of carbonyl (C=O) groups excluding carboxylic acids is 2. The van der Waals surface area contributed by atoms with Crippen molar-refractivity contribution in [1.29, 1.82) is 10.5 Å². The fraction of sp³-hybridized carbons (Fsp3) is 0.263. The van der Waals surface area contributed by atoms with Gasteiger partial charge in [0.2, 0.25) is 11.8 Å². The van der Waals surface area contributed by atoms with Gasteiger partial charge in [0.1, 0.15) is 40.6 Å². The zero-order chi connectivity index (χ0) is 37.9. The normalized spacial score (nSPS) is 17.0. The highest BCUT2D eigenvalue weighted by Gasteiger charge is 2.28. The molecule has 2 atom stereocenters. The zero-order valence-electron chi connectivity index (χ0n) is 29.3. The van der Waals surface area contributed by atoms with Gasteiger partial charge >= 0.3 is 0 Å². The highest BCUT2D eigenvalue weighted by Crippen LogP contribution is 2.37. The molecule has 8 rings (SSSR count). The zero-order valence-corrected chi connectivity index (χ0v) is 29.3. The van der Waals surface area contributed by atoms with E-state index in [1.165, 1.54) is 6.33 Å². The van der Waals surface area contributed by atoms with E-state index in [-0.39, 0.29) is 12.0 Å². The van der Waals surface area contributed by atoms with Crippen molar-refractivity contribution in [2.75, 3.05) is 37.6 Å². The Morgan fingerprint density at radius 1 is 0.778 bits per heavy atom. The Kier molecular flexibility index (Phi) is 9.65. The highest BCUT2D eigenvalue weighted by molar-refractivity contribution is 6.01. The van der Waals surface area contributed by atoms with E-state index in [4.69, 9.17) is 27.9 Å². The predicted octanol–water partition coefficient (Wildman–Crippen LogP) is 3.64. The minimum absolute atomic E-state index is 0.131. The number of nitrogen functional groups attached to an aromatic ring is 2. The third kappa shape index (κ3) is 6.75. The number of hydrogen-bond donors (Lipinski definition) is 4. The quantitative estimate of drug-likeness (QED) is 0.180. The average molecular weight is 723 g/mol. The van der Waals surface area contributed by atoms with E-state index in [9.17, 15) is 20.1 Å². The lowest BCUT2D eigenvalue weighted by molar-refractivity contribution is 0.0992. The molecule has 4 aromatic heterocycles. The summed E-state index contributed by atoms with van der Waals surface area (Å²) in [6, 6.07) is 14.2. The molecule has 2 amide bonds. The molecule has 0 spiro atoms. The van der Waals surface area contributed by atoms with E-state index < -0.39 is 11.8 Å². The number of likely N-dealkylation sites (tertiary alicyclic amines) is 2. The van der Waals surface area contributed by atoms with E-state index in [2.05, 4.69) is 31.9 Å². The second-order valence-corrected chi connectivity index (χ2v) is 13.4. The monoisotopic (exact) mass is 722 g/mol. The predicted molar refractivity (Wildman–Crippen MR) is 202 cm³/mol. The molecule has 2 aliphatic rings. The number of primary amides is 2. The van der Waals surface area contributed by atoms with Gasteiger partial charge in [0, 0.05) is 72.9 Å². The summed E-state index contributed by atoms with van der Waals surface area (Å²) in [5, 5.41) is 19.3. The van der Waals surface area contributed by atoms with Gasteiger partial charge in [-0.25, -0.2) is 19.9 Å². The number of nitrogens with two attached hydrogens (primary N) is 4. The van der Waals surface area contributed by atoms with Crippen LogP contribution in [0.5, 0.6) is 0 Å². The molecule has 0 aliphatic carbocycles. The molecule has 2 saturated heterocycles. The summed E-state index contributed by atoms with van der Waals surface area (Å²) in [6.07, 6.45) is 15.3. The Morgan fingerprint density at radius 2 is 1.41 bits per heavy atom. The van der Waals surface area contributed by atoms with Gasteiger partial charge in [0.15, 0.2) is 12.4 Å². The lowest BCUT2D eigenvalue weighted by Gasteiger charge is -2.30. The SMILES string of the molecule is N#CN1CCCC(c2nc(-c3ccc(C(N)=O)cc3)c3c(N)nccn23)C1.N#CN1CCCC(n2cc(-c3ccc(C(N)=O)cc3)c3c(N)ncnc32)C1. The molecular weight excluding hydrogens is 685 g/mol. The van der Waals surface area contributed by atoms with Gasteiger partial charge < -0.3 is 37.3 Å². The van der Waals surface area contributed by atoms with Crippen LogP contribution >= 0.6 is 0 Å². The van der Waals surface area contributed by atoms with Gasteiger partial charge in [-0.15, -0.1) is 0 Å². The van der Waals surface area contributed by atoms with E-state index in [0.29, 0.717) is 41.5 Å². The first kappa shape index (κ1) is 35.2. The van der Waals surface area contributed by atoms with Crippen LogP contribution in [0.15, 0.2) is 73.4 Å². The van der Waals surface area contributed by atoms with Crippen molar-refractivity contribution < 1.29 is 9.59 Å². The number of anilines is 2. The van der Waals surface area contributed by atoms with Gasteiger partial charge in [0.05, 0.1) is 11.4 Å². The number of aromatic nitrogens is 6. The molecule has 2 aliphatic heterocycles. The summed E-state index contributed by atoms with van der Waals surface area (Å²) in [7, 11) is 0. The number of benzene rings is 2. The molecule has 0 saturated carbocycles. The number of hydrogen-bond acceptors (Lipinski definition) is 12. The first-order valence-electron chi connectivity index (χ1n) is 17.5. The molecule has 2 aromatic carbocycles. The van der Waals surface area contributed by atoms with Gasteiger partial charge in [-0.1, -0.05) is 24.3 Å². The van der Waals surface area contributed by atoms with E-state index in [0.717, 1.165) is 77.8 Å². The third-order valence-electron chi connectivity index (χ3n) is 10.0. The summed E-state index contributed by atoms with van der Waals surface area (Å²) >= 11 is 0. The number of nitrogens with zero attached hydrogens (tertiary/aromatic N) is 10. The molecule has 16 heteroatoms. The number of imidazole rings is 1. The van der Waals surface area contributed by atoms with Gasteiger partial charge in [0.25, 0.3) is 0 Å². The van der Waals surface area contributed by atoms with E-state index in [1.807, 2.05) is 28.9 Å². The first-order chi connectivity index (χ1) is 26.2. The van der Waals surface area contributed by atoms with Crippen LogP contribution in [0.1, 0.15) is 64.2 Å². The lowest BCUT2D eigenvalue weighted by Crippen LogP contribution is -2.33. The molecule has 6 aromatic rings. The first-order valence-corrected chi connectivity index (χ1v) is 17.5. The van der Waals surface area contributed by atoms with E-state index in [1.54, 1.807) is 52.4 Å². The van der Waals surface area contributed by atoms with Crippen LogP contribution in [-0.4, -0.2) is 76.7 Å². The van der Waals surface area contributed by atoms with Crippen molar-refractivity contribution in [3.05, 3.63) is 90.4 Å². The Bertz CT molecular complexity index is 2270. The summed E-state index contributed by atoms with van der Waals surface area (Å²) in [4.78, 5) is 43.9. The van der Waals surface area contributed by atoms with Crippen molar-refractivity contribution in [2.24, 2.45) is 11.5 Å². The Morgan fingerprint density at radius 3 is 2.06 bits per heavy atom. The Balaban J connectivity index is 0.000000167. The van der Waals surface area contributed by atoms with Crippen molar-refractivity contribution >= 4 is 40.0 Å². The van der Waals surface area contributed by atoms with Gasteiger partial charge in [-0.3, -0.25) is 14.0 Å². The second-order valence-electron chi connectivity index (χ2n) is 13.4. The summed E-state index contributed by atoms with van der Waals surface area (Å²) in [5.41, 5.74) is 28.7. The van der Waals surface area contributed by atoms with Gasteiger partial charge in [-0.05, 0) is 55.5 Å². The number of carbonyl (C=O) groups is 2. The number of piperidine rings is 2. The number of fused-ring (bicyclic) bond motifs is 2. The number of rotatable bonds is 6. The van der Waals surface area contributed by atoms with Gasteiger partial charge in [-0.2, -0.15) is 10.5 Å². The Hall–Kier alpha value is -7.20. The standard InChI is InChI=1S/2C19H19N7O/c20-11-25-8-1-2-14(10-25)19-24-15(16-17(21)23-7-9-26(16)19)12-3-5-13(6-4-12)18(22)27;20-10-25-7-1-2-14(8-25)26-9-15(16-17(21)23-11-24-19(16)26)12-3-5-13(6-4-12)18(22)27/h3-7,9,14H,1-2,8,10H2,(H2,21,23)(H2,22,27);3-6,9,11,14H,1-2,7-8H2,(H2,22,27)(H2,21,23,24). The molecule has 16 nitrogen and oxygen atoms in total. The second kappa shape index (κ2) is 14.8. The minimum Gasteiger partial charge on any atom is -0.383 e. The molecule has 0 bridgehead atoms. The van der Waals surface area contributed by atoms with Crippen LogP contribution in [-0.2, 0) is 0 Å². The van der Waals surface area contributed by atoms with Crippen LogP contribution in [0.25, 0.3) is 38.9 Å². The maximum absolute atomic E-state index is 11.3. The molecule has 272 valence electrons. The molecule has 2 unspecified atom stereocenters. The maximum Gasteiger partial charge on any atom is 0.248 e. The average Bonchev–Trinajstić information content (AvgIpc) is 3.80. The number of amides is 2. The maximum atomic E-state index is 11.3. The van der Waals surface area contributed by atoms with Crippen molar-refractivity contribution in [3.63, 3.8) is 0 Å². The third-order valence-corrected chi connectivity index (χ3v) is 10.0. The van der Waals surface area contributed by atoms with Crippen molar-refractivity contribution in [2.45, 2.75) is 37.6 Å². The highest BCUT2D eigenvalue weighted by atomic mass is 16.1. The fourth-order valence-electron chi connectivity index (χ4n) is 7.34. The minimum atomic E-state index is -0.475. The molecule has 8 N–H and O–H groups in total. The molecule has 54 heavy (non-hydrogen) atoms. The van der Waals surface area contributed by atoms with E-state index >= 15 is 0 Å². The van der Waals surface area contributed by atoms with Crippen molar-refractivity contribution in [3.8, 4) is 34.8 Å². The van der Waals surface area contributed by atoms with Crippen LogP contribution in [0, 0.1) is 22.9 Å². The summed E-state index contributed by atoms with van der Waals surface area (Å²) in [6.45, 7) is 2.84. The molecule has 6 heterocycles. The largest absolute Gasteiger partial charge is 0.383 e. The molecule has 0 radical (unpaired) electrons. The summed E-state index contributed by atoms with van der Waals surface area (Å²) in [5.74, 6) is 0.848. The lowest BCUT2D eigenvalue weighted by atomic mass is 9.98. The smallest absolute Gasteiger partial charge is 0.248 e. The Labute approximate surface area is 310 Å². The van der Waals surface area contributed by atoms with Crippen molar-refractivity contribution in [1.82, 2.24) is 38.7 Å². The number of nitriles is 2. The van der Waals surface area contributed by atoms with Crippen LogP contribution < -0.4 is 22.9 Å². The topological polar surface area (TPSA) is 253 Å². The fourth-order valence-corrected chi connectivity index (χ4v) is 7.34. The van der Waals surface area contributed by atoms with Crippen LogP contribution in [0.4, 0.5) is 11.6 Å². The molecular formula is C38H38N14O2. The van der Waals surface area contributed by atoms with Crippen LogP contribution in [0.2, 0.25) is 0 Å².